The Bertz CT molecular complexity index is 748. The number of thiophene rings is 1. The van der Waals surface area contributed by atoms with Crippen LogP contribution in [0.25, 0.3) is 10.9 Å². The van der Waals surface area contributed by atoms with Gasteiger partial charge in [0.1, 0.15) is 0 Å². The van der Waals surface area contributed by atoms with E-state index in [-0.39, 0.29) is 0 Å². The van der Waals surface area contributed by atoms with Crippen LogP contribution in [0.3, 0.4) is 0 Å². The molecule has 2 N–H and O–H groups in total. The van der Waals surface area contributed by atoms with E-state index in [1.54, 1.807) is 23.6 Å². The predicted octanol–water partition coefficient (Wildman–Crippen LogP) is 4.29. The van der Waals surface area contributed by atoms with Crippen molar-refractivity contribution in [3.05, 3.63) is 57.4 Å². The second-order valence-electron chi connectivity index (χ2n) is 4.66. The number of carboxylic acids is 1. The maximum absolute atomic E-state index is 11.6. The Kier molecular flexibility index (Phi) is 3.51. The Morgan fingerprint density at radius 2 is 2.25 bits per heavy atom. The van der Waals surface area contributed by atoms with E-state index in [0.717, 1.165) is 22.0 Å². The number of rotatable bonds is 4. The minimum atomic E-state index is -0.822. The first-order valence-electron chi connectivity index (χ1n) is 6.15. The molecule has 0 bridgehead atoms. The molecule has 3 rings (SSSR count). The van der Waals surface area contributed by atoms with Gasteiger partial charge in [-0.05, 0) is 52.6 Å². The Balaban J connectivity index is 2.05. The number of carboxylic acid groups (broad SMARTS) is 1. The summed E-state index contributed by atoms with van der Waals surface area (Å²) in [7, 11) is 0. The molecule has 3 aromatic rings. The van der Waals surface area contributed by atoms with Crippen LogP contribution in [0.5, 0.6) is 0 Å². The average Bonchev–Trinajstić information content (AvgIpc) is 3.04. The van der Waals surface area contributed by atoms with Crippen molar-refractivity contribution in [1.29, 1.82) is 0 Å². The van der Waals surface area contributed by atoms with Crippen LogP contribution in [-0.4, -0.2) is 16.1 Å². The molecular weight excluding hydrogens is 294 g/mol. The van der Waals surface area contributed by atoms with Crippen molar-refractivity contribution < 1.29 is 9.90 Å². The molecule has 0 radical (unpaired) electrons. The van der Waals surface area contributed by atoms with Gasteiger partial charge in [0.15, 0.2) is 0 Å². The minimum absolute atomic E-state index is 0.484. The zero-order chi connectivity index (χ0) is 14.1. The molecule has 0 spiro atoms. The summed E-state index contributed by atoms with van der Waals surface area (Å²) in [5.41, 5.74) is 2.72. The number of halogens is 1. The van der Waals surface area contributed by atoms with Crippen molar-refractivity contribution >= 4 is 39.8 Å². The molecule has 2 heterocycles. The summed E-state index contributed by atoms with van der Waals surface area (Å²) < 4.78 is 0. The number of aromatic nitrogens is 1. The van der Waals surface area contributed by atoms with E-state index >= 15 is 0 Å². The smallest absolute Gasteiger partial charge is 0.311 e. The third-order valence-corrected chi connectivity index (χ3v) is 4.34. The summed E-state index contributed by atoms with van der Waals surface area (Å²) in [5.74, 6) is -1.39. The summed E-state index contributed by atoms with van der Waals surface area (Å²) in [6.45, 7) is 0. The van der Waals surface area contributed by atoms with Gasteiger partial charge in [0.05, 0.1) is 5.92 Å². The molecule has 3 nitrogen and oxygen atoms in total. The van der Waals surface area contributed by atoms with Gasteiger partial charge >= 0.3 is 5.97 Å². The molecule has 0 amide bonds. The lowest BCUT2D eigenvalue weighted by molar-refractivity contribution is -0.138. The van der Waals surface area contributed by atoms with Gasteiger partial charge in [0.25, 0.3) is 0 Å². The molecule has 5 heteroatoms. The van der Waals surface area contributed by atoms with E-state index < -0.39 is 11.9 Å². The lowest BCUT2D eigenvalue weighted by Gasteiger charge is -2.10. The van der Waals surface area contributed by atoms with E-state index in [2.05, 4.69) is 4.98 Å². The van der Waals surface area contributed by atoms with E-state index in [0.29, 0.717) is 11.4 Å². The largest absolute Gasteiger partial charge is 0.481 e. The maximum atomic E-state index is 11.6. The Hall–Kier alpha value is -1.78. The second-order valence-corrected chi connectivity index (χ2v) is 5.88. The van der Waals surface area contributed by atoms with Crippen molar-refractivity contribution in [2.24, 2.45) is 0 Å². The molecule has 1 aromatic carbocycles. The number of hydrogen-bond donors (Lipinski definition) is 2. The van der Waals surface area contributed by atoms with Gasteiger partial charge < -0.3 is 10.1 Å². The zero-order valence-corrected chi connectivity index (χ0v) is 12.0. The lowest BCUT2D eigenvalue weighted by Crippen LogP contribution is -2.13. The predicted molar refractivity (Wildman–Crippen MR) is 81.7 cm³/mol. The fourth-order valence-electron chi connectivity index (χ4n) is 2.38. The van der Waals surface area contributed by atoms with Crippen molar-refractivity contribution in [2.75, 3.05) is 0 Å². The molecule has 0 aliphatic heterocycles. The average molecular weight is 306 g/mol. The second kappa shape index (κ2) is 5.31. The van der Waals surface area contributed by atoms with Crippen LogP contribution in [0, 0.1) is 0 Å². The first kappa shape index (κ1) is 13.2. The monoisotopic (exact) mass is 305 g/mol. The van der Waals surface area contributed by atoms with Gasteiger partial charge in [0, 0.05) is 22.1 Å². The first-order chi connectivity index (χ1) is 9.65. The maximum Gasteiger partial charge on any atom is 0.311 e. The molecule has 0 saturated heterocycles. The molecule has 1 unspecified atom stereocenters. The third kappa shape index (κ3) is 2.44. The molecular formula is C15H12ClNO2S. The quantitative estimate of drug-likeness (QED) is 0.755. The third-order valence-electron chi connectivity index (χ3n) is 3.37. The van der Waals surface area contributed by atoms with Gasteiger partial charge in [0.2, 0.25) is 0 Å². The van der Waals surface area contributed by atoms with Gasteiger partial charge in [-0.15, -0.1) is 0 Å². The Morgan fingerprint density at radius 1 is 1.40 bits per heavy atom. The van der Waals surface area contributed by atoms with Crippen LogP contribution in [0.1, 0.15) is 17.0 Å². The number of aliphatic carboxylic acids is 1. The lowest BCUT2D eigenvalue weighted by atomic mass is 9.93. The summed E-state index contributed by atoms with van der Waals surface area (Å²) in [4.78, 5) is 14.7. The van der Waals surface area contributed by atoms with Crippen molar-refractivity contribution in [3.63, 3.8) is 0 Å². The highest BCUT2D eigenvalue weighted by atomic mass is 35.5. The van der Waals surface area contributed by atoms with Crippen LogP contribution in [0.15, 0.2) is 41.2 Å². The van der Waals surface area contributed by atoms with E-state index in [9.17, 15) is 9.90 Å². The molecule has 0 aliphatic rings. The highest BCUT2D eigenvalue weighted by Crippen LogP contribution is 2.30. The van der Waals surface area contributed by atoms with Crippen molar-refractivity contribution in [3.8, 4) is 0 Å². The fourth-order valence-corrected chi connectivity index (χ4v) is 3.23. The molecule has 1 atom stereocenters. The van der Waals surface area contributed by atoms with Gasteiger partial charge in [-0.1, -0.05) is 11.6 Å². The van der Waals surface area contributed by atoms with Crippen molar-refractivity contribution in [2.45, 2.75) is 12.3 Å². The van der Waals surface area contributed by atoms with Gasteiger partial charge in [-0.25, -0.2) is 0 Å². The van der Waals surface area contributed by atoms with Crippen LogP contribution in [0.2, 0.25) is 5.02 Å². The first-order valence-corrected chi connectivity index (χ1v) is 7.47. The fraction of sp³-hybridized carbons (Fsp3) is 0.133. The Morgan fingerprint density at radius 3 is 2.95 bits per heavy atom. The highest BCUT2D eigenvalue weighted by Gasteiger charge is 2.23. The molecule has 0 fully saturated rings. The number of hydrogen-bond acceptors (Lipinski definition) is 2. The molecule has 2 aromatic heterocycles. The zero-order valence-electron chi connectivity index (χ0n) is 10.5. The summed E-state index contributed by atoms with van der Waals surface area (Å²) in [6.07, 6.45) is 2.25. The van der Waals surface area contributed by atoms with E-state index in [4.69, 9.17) is 11.6 Å². The van der Waals surface area contributed by atoms with Gasteiger partial charge in [-0.3, -0.25) is 4.79 Å². The number of aromatic amines is 1. The SMILES string of the molecule is O=C(O)C(Cc1ccsc1)c1c[nH]c2ccc(Cl)cc12. The van der Waals surface area contributed by atoms with Crippen LogP contribution in [0.4, 0.5) is 0 Å². The van der Waals surface area contributed by atoms with Crippen molar-refractivity contribution in [1.82, 2.24) is 4.98 Å². The number of benzene rings is 1. The standard InChI is InChI=1S/C15H12ClNO2S/c16-10-1-2-14-11(6-10)13(7-17-14)12(15(18)19)5-9-3-4-20-8-9/h1-4,6-8,12,17H,5H2,(H,18,19). The highest BCUT2D eigenvalue weighted by molar-refractivity contribution is 7.07. The summed E-state index contributed by atoms with van der Waals surface area (Å²) in [5, 5.41) is 15.0. The van der Waals surface area contributed by atoms with E-state index in [1.807, 2.05) is 29.0 Å². The number of nitrogens with one attached hydrogen (secondary N) is 1. The topological polar surface area (TPSA) is 53.1 Å². The minimum Gasteiger partial charge on any atom is -0.481 e. The van der Waals surface area contributed by atoms with Crippen LogP contribution >= 0.6 is 22.9 Å². The number of fused-ring (bicyclic) bond motifs is 1. The van der Waals surface area contributed by atoms with Crippen LogP contribution in [-0.2, 0) is 11.2 Å². The normalized spacial score (nSPS) is 12.7. The van der Waals surface area contributed by atoms with Gasteiger partial charge in [-0.2, -0.15) is 11.3 Å². The number of H-pyrrole nitrogens is 1. The number of carbonyl (C=O) groups is 1. The Labute approximate surface area is 124 Å². The van der Waals surface area contributed by atoms with E-state index in [1.165, 1.54) is 0 Å². The summed E-state index contributed by atoms with van der Waals surface area (Å²) in [6, 6.07) is 7.43. The molecule has 0 aliphatic carbocycles. The van der Waals surface area contributed by atoms with Crippen LogP contribution < -0.4 is 0 Å². The summed E-state index contributed by atoms with van der Waals surface area (Å²) >= 11 is 7.59. The molecule has 0 saturated carbocycles. The molecule has 20 heavy (non-hydrogen) atoms. The molecule has 102 valence electrons.